The van der Waals surface area contributed by atoms with Crippen molar-refractivity contribution >= 4 is 35.2 Å². The van der Waals surface area contributed by atoms with Crippen LogP contribution in [0.4, 0.5) is 5.82 Å². The first-order valence-electron chi connectivity index (χ1n) is 6.86. The average molecular weight is 321 g/mol. The number of fused-ring (bicyclic) bond motifs is 1. The molecule has 0 aromatic carbocycles. The smallest absolute Gasteiger partial charge is 0.236 e. The molecule has 7 nitrogen and oxygen atoms in total. The summed E-state index contributed by atoms with van der Waals surface area (Å²) >= 11 is 0. The number of hydrogen-bond acceptors (Lipinski definition) is 5. The first-order valence-corrected chi connectivity index (χ1v) is 6.86. The fourth-order valence-corrected chi connectivity index (χ4v) is 2.78. The molecule has 0 unspecified atom stereocenters. The monoisotopic (exact) mass is 320 g/mol. The number of nitriles is 1. The Morgan fingerprint density at radius 1 is 1.59 bits per heavy atom. The van der Waals surface area contributed by atoms with Crippen molar-refractivity contribution in [3.63, 3.8) is 0 Å². The highest BCUT2D eigenvalue weighted by atomic mass is 35.5. The van der Waals surface area contributed by atoms with Crippen molar-refractivity contribution in [3.05, 3.63) is 18.6 Å². The molecule has 0 spiro atoms. The molecule has 3 heterocycles. The summed E-state index contributed by atoms with van der Waals surface area (Å²) in [7, 11) is 1.98. The standard InChI is InChI=1S/C14H16N6O.ClH/c1-19(10-4-7-20(8-10)12(21)2-5-15)14-11-3-6-16-13(11)17-9-18-14;/h3,6,9-10H,2,4,7-8H2,1H3,(H,16,17,18);1H/t10-;/m1./s1. The van der Waals surface area contributed by atoms with Gasteiger partial charge in [0.2, 0.25) is 5.91 Å². The number of amides is 1. The maximum Gasteiger partial charge on any atom is 0.236 e. The van der Waals surface area contributed by atoms with E-state index in [9.17, 15) is 4.79 Å². The molecule has 1 atom stereocenters. The minimum atomic E-state index is -0.0946. The van der Waals surface area contributed by atoms with Crippen LogP contribution in [-0.4, -0.2) is 51.9 Å². The van der Waals surface area contributed by atoms with Gasteiger partial charge in [-0.25, -0.2) is 9.97 Å². The molecule has 22 heavy (non-hydrogen) atoms. The number of carbonyl (C=O) groups is 1. The van der Waals surface area contributed by atoms with Gasteiger partial charge in [-0.1, -0.05) is 0 Å². The van der Waals surface area contributed by atoms with Gasteiger partial charge in [-0.05, 0) is 12.5 Å². The highest BCUT2D eigenvalue weighted by molar-refractivity contribution is 5.87. The van der Waals surface area contributed by atoms with Crippen molar-refractivity contribution in [1.82, 2.24) is 19.9 Å². The third-order valence-electron chi connectivity index (χ3n) is 3.96. The van der Waals surface area contributed by atoms with E-state index in [0.29, 0.717) is 13.1 Å². The molecule has 1 saturated heterocycles. The van der Waals surface area contributed by atoms with Gasteiger partial charge in [-0.15, -0.1) is 12.4 Å². The van der Waals surface area contributed by atoms with E-state index in [2.05, 4.69) is 19.9 Å². The van der Waals surface area contributed by atoms with Crippen molar-refractivity contribution in [3.8, 4) is 6.07 Å². The molecule has 8 heteroatoms. The molecule has 0 bridgehead atoms. The lowest BCUT2D eigenvalue weighted by molar-refractivity contribution is -0.129. The van der Waals surface area contributed by atoms with Crippen LogP contribution in [0, 0.1) is 11.3 Å². The summed E-state index contributed by atoms with van der Waals surface area (Å²) in [6.45, 7) is 1.32. The quantitative estimate of drug-likeness (QED) is 0.921. The fourth-order valence-electron chi connectivity index (χ4n) is 2.78. The Balaban J connectivity index is 0.00000176. The highest BCUT2D eigenvalue weighted by Crippen LogP contribution is 2.25. The molecule has 0 aliphatic carbocycles. The molecule has 1 amide bonds. The number of likely N-dealkylation sites (tertiary alicyclic amines) is 1. The number of likely N-dealkylation sites (N-methyl/N-ethyl adjacent to an activating group) is 1. The Kier molecular flexibility index (Phi) is 4.83. The van der Waals surface area contributed by atoms with Gasteiger partial charge < -0.3 is 14.8 Å². The third kappa shape index (κ3) is 2.83. The molecule has 116 valence electrons. The van der Waals surface area contributed by atoms with E-state index in [-0.39, 0.29) is 30.8 Å². The van der Waals surface area contributed by atoms with Crippen LogP contribution in [0.2, 0.25) is 0 Å². The summed E-state index contributed by atoms with van der Waals surface area (Å²) in [6.07, 6.45) is 4.21. The lowest BCUT2D eigenvalue weighted by atomic mass is 10.2. The van der Waals surface area contributed by atoms with Crippen LogP contribution in [0.15, 0.2) is 18.6 Å². The number of carbonyl (C=O) groups excluding carboxylic acids is 1. The maximum atomic E-state index is 11.8. The Morgan fingerprint density at radius 3 is 3.18 bits per heavy atom. The summed E-state index contributed by atoms with van der Waals surface area (Å²) in [5, 5.41) is 9.59. The molecule has 2 aromatic rings. The van der Waals surface area contributed by atoms with Crippen molar-refractivity contribution in [2.75, 3.05) is 25.0 Å². The lowest BCUT2D eigenvalue weighted by Gasteiger charge is -2.26. The topological polar surface area (TPSA) is 88.9 Å². The predicted octanol–water partition coefficient (Wildman–Crippen LogP) is 1.33. The van der Waals surface area contributed by atoms with Crippen LogP contribution < -0.4 is 4.90 Å². The Bertz CT molecular complexity index is 709. The van der Waals surface area contributed by atoms with E-state index in [1.807, 2.05) is 25.4 Å². The van der Waals surface area contributed by atoms with Crippen LogP contribution in [0.5, 0.6) is 0 Å². The molecule has 1 N–H and O–H groups in total. The second kappa shape index (κ2) is 6.62. The first-order chi connectivity index (χ1) is 10.2. The summed E-state index contributed by atoms with van der Waals surface area (Å²) in [4.78, 5) is 27.2. The normalized spacial score (nSPS) is 17.1. The SMILES string of the molecule is CN(c1ncnc2[nH]ccc12)[C@@H]1CCN(C(=O)CC#N)C1.Cl. The molecule has 1 fully saturated rings. The molecular formula is C14H17ClN6O. The molecule has 1 aliphatic heterocycles. The summed E-state index contributed by atoms with van der Waals surface area (Å²) in [6, 6.07) is 4.07. The minimum Gasteiger partial charge on any atom is -0.354 e. The summed E-state index contributed by atoms with van der Waals surface area (Å²) < 4.78 is 0. The van der Waals surface area contributed by atoms with E-state index in [0.717, 1.165) is 23.3 Å². The molecule has 1 aliphatic rings. The molecule has 3 rings (SSSR count). The zero-order valence-electron chi connectivity index (χ0n) is 12.2. The third-order valence-corrected chi connectivity index (χ3v) is 3.96. The second-order valence-corrected chi connectivity index (χ2v) is 5.17. The zero-order chi connectivity index (χ0) is 14.8. The van der Waals surface area contributed by atoms with E-state index in [1.165, 1.54) is 6.33 Å². The van der Waals surface area contributed by atoms with Gasteiger partial charge in [0.05, 0.1) is 11.5 Å². The number of hydrogen-bond donors (Lipinski definition) is 1. The number of anilines is 1. The molecule has 0 radical (unpaired) electrons. The summed E-state index contributed by atoms with van der Waals surface area (Å²) in [5.74, 6) is 0.767. The van der Waals surface area contributed by atoms with Gasteiger partial charge in [0.15, 0.2) is 0 Å². The number of aromatic amines is 1. The van der Waals surface area contributed by atoms with Crippen molar-refractivity contribution in [2.24, 2.45) is 0 Å². The second-order valence-electron chi connectivity index (χ2n) is 5.17. The molecule has 2 aromatic heterocycles. The number of H-pyrrole nitrogens is 1. The Labute approximate surface area is 134 Å². The maximum absolute atomic E-state index is 11.8. The van der Waals surface area contributed by atoms with Crippen LogP contribution in [-0.2, 0) is 4.79 Å². The number of nitrogens with zero attached hydrogens (tertiary/aromatic N) is 5. The van der Waals surface area contributed by atoms with E-state index in [1.54, 1.807) is 4.90 Å². The molecule has 0 saturated carbocycles. The summed E-state index contributed by atoms with van der Waals surface area (Å²) in [5.41, 5.74) is 0.808. The van der Waals surface area contributed by atoms with Gasteiger partial charge in [0.25, 0.3) is 0 Å². The number of aromatic nitrogens is 3. The number of halogens is 1. The average Bonchev–Trinajstić information content (AvgIpc) is 3.15. The number of nitrogens with one attached hydrogen (secondary N) is 1. The van der Waals surface area contributed by atoms with Gasteiger partial charge in [-0.2, -0.15) is 5.26 Å². The minimum absolute atomic E-state index is 0. The van der Waals surface area contributed by atoms with Gasteiger partial charge in [0, 0.05) is 32.4 Å². The first kappa shape index (κ1) is 16.0. The Morgan fingerprint density at radius 2 is 2.41 bits per heavy atom. The van der Waals surface area contributed by atoms with Crippen LogP contribution >= 0.6 is 12.4 Å². The highest BCUT2D eigenvalue weighted by Gasteiger charge is 2.29. The van der Waals surface area contributed by atoms with Crippen LogP contribution in [0.3, 0.4) is 0 Å². The number of rotatable bonds is 3. The Hall–Kier alpha value is -2.33. The fraction of sp³-hybridized carbons (Fsp3) is 0.429. The van der Waals surface area contributed by atoms with Gasteiger partial charge in [-0.3, -0.25) is 4.79 Å². The van der Waals surface area contributed by atoms with Crippen molar-refractivity contribution < 1.29 is 4.79 Å². The van der Waals surface area contributed by atoms with E-state index < -0.39 is 0 Å². The molecular weight excluding hydrogens is 304 g/mol. The lowest BCUT2D eigenvalue weighted by Crippen LogP contribution is -2.37. The van der Waals surface area contributed by atoms with Crippen LogP contribution in [0.25, 0.3) is 11.0 Å². The predicted molar refractivity (Wildman–Crippen MR) is 84.8 cm³/mol. The van der Waals surface area contributed by atoms with Gasteiger partial charge >= 0.3 is 0 Å². The van der Waals surface area contributed by atoms with E-state index in [4.69, 9.17) is 5.26 Å². The van der Waals surface area contributed by atoms with Crippen molar-refractivity contribution in [2.45, 2.75) is 18.9 Å². The van der Waals surface area contributed by atoms with Crippen molar-refractivity contribution in [1.29, 1.82) is 5.26 Å². The van der Waals surface area contributed by atoms with Gasteiger partial charge in [0.1, 0.15) is 24.2 Å². The zero-order valence-corrected chi connectivity index (χ0v) is 13.0. The largest absolute Gasteiger partial charge is 0.354 e. The van der Waals surface area contributed by atoms with Crippen LogP contribution in [0.1, 0.15) is 12.8 Å². The van der Waals surface area contributed by atoms with E-state index >= 15 is 0 Å².